The third-order valence-corrected chi connectivity index (χ3v) is 9.33. The molecule has 0 atom stereocenters. The van der Waals surface area contributed by atoms with Crippen molar-refractivity contribution in [1.82, 2.24) is 10.6 Å². The van der Waals surface area contributed by atoms with E-state index in [2.05, 4.69) is 20.9 Å². The van der Waals surface area contributed by atoms with E-state index in [1.807, 2.05) is 6.08 Å². The van der Waals surface area contributed by atoms with Crippen LogP contribution in [0.2, 0.25) is 0 Å². The second kappa shape index (κ2) is 17.7. The minimum absolute atomic E-state index is 0.0144. The lowest BCUT2D eigenvalue weighted by atomic mass is 10.0. The molecule has 0 saturated heterocycles. The molecule has 4 aromatic rings. The number of hydrogen-bond acceptors (Lipinski definition) is 12. The number of methoxy groups -OCH3 is 3. The summed E-state index contributed by atoms with van der Waals surface area (Å²) in [5, 5.41) is 12.3. The first-order chi connectivity index (χ1) is 27.5. The molecule has 57 heavy (non-hydrogen) atoms. The first-order valence-corrected chi connectivity index (χ1v) is 18.1. The smallest absolute Gasteiger partial charge is 0.442 e. The van der Waals surface area contributed by atoms with Crippen LogP contribution >= 0.6 is 0 Å². The number of amides is 2. The van der Waals surface area contributed by atoms with Crippen molar-refractivity contribution >= 4 is 22.8 Å². The Bertz CT molecular complexity index is 2210. The van der Waals surface area contributed by atoms with Gasteiger partial charge in [-0.15, -0.1) is 10.2 Å². The quantitative estimate of drug-likeness (QED) is 0.0731. The molecule has 302 valence electrons. The van der Waals surface area contributed by atoms with Crippen LogP contribution in [0.3, 0.4) is 0 Å². The van der Waals surface area contributed by atoms with Crippen molar-refractivity contribution in [2.75, 3.05) is 47.8 Å². The highest BCUT2D eigenvalue weighted by atomic mass is 19.4. The van der Waals surface area contributed by atoms with E-state index in [1.165, 1.54) is 51.9 Å². The summed E-state index contributed by atoms with van der Waals surface area (Å²) in [5.41, 5.74) is -1.80. The number of allylic oxidation sites excluding steroid dienone is 1. The number of rotatable bonds is 19. The molecule has 2 amide bonds. The maximum Gasteiger partial charge on any atom is 0.442 e. The largest absolute Gasteiger partial charge is 0.493 e. The standard InChI is InChI=1S/C40H41F3N4O10/c1-51-30-20-27-29(55-22-28(34(27)49)26-19-32(52-2)36-37(35(26)53-3)57-23-56-36)21-31(30)54-18-10-6-7-11-33(48)44-16-8-4-5-9-17-45-38(50)24-12-14-25(15-13-24)39(46-47-39)40(41,42)43/h6,10,12-15,19-22H,4-5,7-9,11,16-18,23H2,1-3H3,(H,44,48)(H,45,50)/b10-6+. The van der Waals surface area contributed by atoms with E-state index in [9.17, 15) is 27.6 Å². The van der Waals surface area contributed by atoms with Crippen molar-refractivity contribution in [3.05, 3.63) is 82.2 Å². The van der Waals surface area contributed by atoms with E-state index >= 15 is 0 Å². The molecule has 3 heterocycles. The number of unbranched alkanes of at least 4 members (excludes halogenated alkanes) is 3. The predicted molar refractivity (Wildman–Crippen MR) is 200 cm³/mol. The van der Waals surface area contributed by atoms with Gasteiger partial charge in [0.2, 0.25) is 29.6 Å². The Labute approximate surface area is 324 Å². The average Bonchev–Trinajstić information content (AvgIpc) is 3.90. The molecule has 2 aliphatic heterocycles. The highest BCUT2D eigenvalue weighted by Crippen LogP contribution is 2.53. The Morgan fingerprint density at radius 3 is 2.21 bits per heavy atom. The second-order valence-corrected chi connectivity index (χ2v) is 13.0. The Balaban J connectivity index is 0.880. The molecule has 1 aromatic heterocycles. The first-order valence-electron chi connectivity index (χ1n) is 18.1. The van der Waals surface area contributed by atoms with Crippen LogP contribution < -0.4 is 44.5 Å². The number of hydrogen-bond donors (Lipinski definition) is 2. The summed E-state index contributed by atoms with van der Waals surface area (Å²) < 4.78 is 78.9. The molecule has 0 radical (unpaired) electrons. The Morgan fingerprint density at radius 2 is 1.54 bits per heavy atom. The molecule has 2 N–H and O–H groups in total. The van der Waals surface area contributed by atoms with Gasteiger partial charge in [-0.3, -0.25) is 14.4 Å². The zero-order valence-electron chi connectivity index (χ0n) is 31.5. The molecule has 6 rings (SSSR count). The monoisotopic (exact) mass is 794 g/mol. The van der Waals surface area contributed by atoms with Gasteiger partial charge in [0, 0.05) is 42.3 Å². The first kappa shape index (κ1) is 40.4. The SMILES string of the molecule is COc1cc2c(=O)c(-c3cc(OC)c4c(c3OC)OCO4)coc2cc1OC/C=C/CCC(=O)NCCCCCCNC(=O)c1ccc(C2(C(F)(F)F)N=N2)cc1. The number of halogens is 3. The fourth-order valence-electron chi connectivity index (χ4n) is 6.22. The van der Waals surface area contributed by atoms with E-state index in [-0.39, 0.29) is 58.3 Å². The zero-order valence-corrected chi connectivity index (χ0v) is 31.5. The fourth-order valence-corrected chi connectivity index (χ4v) is 6.22. The summed E-state index contributed by atoms with van der Waals surface area (Å²) in [5.74, 6) is 1.64. The van der Waals surface area contributed by atoms with Crippen LogP contribution in [0.4, 0.5) is 13.2 Å². The van der Waals surface area contributed by atoms with Gasteiger partial charge in [-0.1, -0.05) is 37.1 Å². The molecule has 0 spiro atoms. The second-order valence-electron chi connectivity index (χ2n) is 13.0. The van der Waals surface area contributed by atoms with Gasteiger partial charge in [0.25, 0.3) is 5.91 Å². The minimum atomic E-state index is -4.62. The van der Waals surface area contributed by atoms with Gasteiger partial charge < -0.3 is 43.5 Å². The van der Waals surface area contributed by atoms with E-state index in [0.29, 0.717) is 72.4 Å². The predicted octanol–water partition coefficient (Wildman–Crippen LogP) is 7.22. The summed E-state index contributed by atoms with van der Waals surface area (Å²) in [4.78, 5) is 38.3. The van der Waals surface area contributed by atoms with Crippen molar-refractivity contribution in [1.29, 1.82) is 0 Å². The van der Waals surface area contributed by atoms with Gasteiger partial charge in [-0.25, -0.2) is 0 Å². The molecular weight excluding hydrogens is 753 g/mol. The average molecular weight is 795 g/mol. The number of benzene rings is 3. The normalized spacial score (nSPS) is 13.8. The summed E-state index contributed by atoms with van der Waals surface area (Å²) in [6, 6.07) is 9.85. The van der Waals surface area contributed by atoms with Crippen molar-refractivity contribution in [2.24, 2.45) is 10.2 Å². The van der Waals surface area contributed by atoms with Crippen LogP contribution in [-0.4, -0.2) is 65.8 Å². The number of alkyl halides is 3. The van der Waals surface area contributed by atoms with Gasteiger partial charge in [0.1, 0.15) is 18.5 Å². The van der Waals surface area contributed by atoms with Crippen LogP contribution in [0.1, 0.15) is 54.4 Å². The lowest BCUT2D eigenvalue weighted by Crippen LogP contribution is -2.30. The molecule has 0 unspecified atom stereocenters. The molecule has 2 aliphatic rings. The maximum atomic E-state index is 13.7. The van der Waals surface area contributed by atoms with E-state index in [0.717, 1.165) is 19.3 Å². The van der Waals surface area contributed by atoms with E-state index in [4.69, 9.17) is 32.8 Å². The summed E-state index contributed by atoms with van der Waals surface area (Å²) in [6.07, 6.45) is 4.33. The van der Waals surface area contributed by atoms with Crippen molar-refractivity contribution in [3.63, 3.8) is 0 Å². The van der Waals surface area contributed by atoms with Gasteiger partial charge in [0.05, 0.1) is 32.3 Å². The molecular formula is C40H41F3N4O10. The van der Waals surface area contributed by atoms with Crippen molar-refractivity contribution in [2.45, 2.75) is 50.4 Å². The summed E-state index contributed by atoms with van der Waals surface area (Å²) >= 11 is 0. The van der Waals surface area contributed by atoms with Crippen LogP contribution in [0, 0.1) is 0 Å². The molecule has 0 saturated carbocycles. The van der Waals surface area contributed by atoms with Crippen molar-refractivity contribution in [3.8, 4) is 45.6 Å². The number of ether oxygens (including phenoxy) is 6. The topological polar surface area (TPSA) is 169 Å². The Kier molecular flexibility index (Phi) is 12.5. The summed E-state index contributed by atoms with van der Waals surface area (Å²) in [7, 11) is 4.42. The number of nitrogens with one attached hydrogen (secondary N) is 2. The van der Waals surface area contributed by atoms with Gasteiger partial charge in [0.15, 0.2) is 23.0 Å². The number of carbonyl (C=O) groups excluding carboxylic acids is 2. The Morgan fingerprint density at radius 1 is 0.842 bits per heavy atom. The molecule has 14 nitrogen and oxygen atoms in total. The van der Waals surface area contributed by atoms with Crippen LogP contribution in [0.5, 0.6) is 34.5 Å². The molecule has 0 bridgehead atoms. The van der Waals surface area contributed by atoms with E-state index in [1.54, 1.807) is 24.3 Å². The zero-order chi connectivity index (χ0) is 40.6. The third-order valence-electron chi connectivity index (χ3n) is 9.33. The lowest BCUT2D eigenvalue weighted by Gasteiger charge is -2.15. The van der Waals surface area contributed by atoms with E-state index < -0.39 is 11.8 Å². The van der Waals surface area contributed by atoms with Crippen molar-refractivity contribution < 1.29 is 55.6 Å². The van der Waals surface area contributed by atoms with Gasteiger partial charge >= 0.3 is 11.8 Å². The lowest BCUT2D eigenvalue weighted by molar-refractivity contribution is -0.166. The van der Waals surface area contributed by atoms with Gasteiger partial charge in [-0.05, 0) is 43.5 Å². The molecule has 0 aliphatic carbocycles. The number of fused-ring (bicyclic) bond motifs is 2. The summed E-state index contributed by atoms with van der Waals surface area (Å²) in [6.45, 7) is 1.11. The van der Waals surface area contributed by atoms with Gasteiger partial charge in [-0.2, -0.15) is 13.2 Å². The molecule has 3 aromatic carbocycles. The maximum absolute atomic E-state index is 13.7. The highest BCUT2D eigenvalue weighted by Gasteiger charge is 2.65. The minimum Gasteiger partial charge on any atom is -0.493 e. The highest BCUT2D eigenvalue weighted by molar-refractivity contribution is 5.94. The number of carbonyl (C=O) groups is 2. The van der Waals surface area contributed by atoms with Crippen LogP contribution in [0.25, 0.3) is 22.1 Å². The fraction of sp³-hybridized carbons (Fsp3) is 0.375. The third kappa shape index (κ3) is 8.92. The molecule has 0 fully saturated rings. The van der Waals surface area contributed by atoms with Crippen LogP contribution in [-0.2, 0) is 10.5 Å². The Hall–Kier alpha value is -6.26. The van der Waals surface area contributed by atoms with Crippen LogP contribution in [0.15, 0.2) is 80.3 Å². The molecule has 17 heteroatoms. The number of nitrogens with zero attached hydrogens (tertiary/aromatic N) is 2.